The minimum atomic E-state index is 0.0369. The van der Waals surface area contributed by atoms with Gasteiger partial charge in [-0.05, 0) is 32.1 Å². The lowest BCUT2D eigenvalue weighted by molar-refractivity contribution is -0.121. The lowest BCUT2D eigenvalue weighted by atomic mass is 9.83. The summed E-state index contributed by atoms with van der Waals surface area (Å²) in [5, 5.41) is 5.83. The van der Waals surface area contributed by atoms with Crippen molar-refractivity contribution in [2.45, 2.75) is 56.7 Å². The summed E-state index contributed by atoms with van der Waals surface area (Å²) in [4.78, 5) is 16.8. The Labute approximate surface area is 116 Å². The van der Waals surface area contributed by atoms with Gasteiger partial charge in [0.05, 0.1) is 23.8 Å². The number of fused-ring (bicyclic) bond motifs is 2. The maximum Gasteiger partial charge on any atom is 0.231 e. The highest BCUT2D eigenvalue weighted by Crippen LogP contribution is 2.40. The quantitative estimate of drug-likeness (QED) is 0.925. The van der Waals surface area contributed by atoms with Gasteiger partial charge in [-0.3, -0.25) is 4.79 Å². The van der Waals surface area contributed by atoms with E-state index in [4.69, 9.17) is 4.74 Å². The Balaban J connectivity index is 1.40. The molecular weight excluding hydrogens is 260 g/mol. The van der Waals surface area contributed by atoms with E-state index in [0.717, 1.165) is 30.1 Å². The minimum absolute atomic E-state index is 0.0369. The molecule has 4 nitrogen and oxygen atoms in total. The van der Waals surface area contributed by atoms with Crippen molar-refractivity contribution < 1.29 is 9.53 Å². The maximum absolute atomic E-state index is 12.2. The minimum Gasteiger partial charge on any atom is -0.374 e. The zero-order valence-electron chi connectivity index (χ0n) is 10.8. The fraction of sp³-hybridized carbons (Fsp3) is 0.714. The third kappa shape index (κ3) is 2.09. The first-order valence-electron chi connectivity index (χ1n) is 7.21. The fourth-order valence-electron chi connectivity index (χ4n) is 3.35. The van der Waals surface area contributed by atoms with E-state index in [1.165, 1.54) is 19.3 Å². The summed E-state index contributed by atoms with van der Waals surface area (Å²) in [5.74, 6) is 0.768. The monoisotopic (exact) mass is 278 g/mol. The highest BCUT2D eigenvalue weighted by Gasteiger charge is 2.44. The van der Waals surface area contributed by atoms with Crippen LogP contribution in [0.25, 0.3) is 0 Å². The average molecular weight is 278 g/mol. The number of anilines is 1. The molecule has 2 bridgehead atoms. The summed E-state index contributed by atoms with van der Waals surface area (Å²) in [6.45, 7) is 0. The van der Waals surface area contributed by atoms with Crippen molar-refractivity contribution in [3.05, 3.63) is 11.1 Å². The van der Waals surface area contributed by atoms with Crippen LogP contribution in [0.15, 0.2) is 5.38 Å². The molecule has 3 heterocycles. The van der Waals surface area contributed by atoms with E-state index in [9.17, 15) is 4.79 Å². The summed E-state index contributed by atoms with van der Waals surface area (Å²) < 4.78 is 5.74. The van der Waals surface area contributed by atoms with Crippen molar-refractivity contribution in [2.24, 2.45) is 5.92 Å². The van der Waals surface area contributed by atoms with Crippen LogP contribution in [-0.2, 0) is 9.53 Å². The van der Waals surface area contributed by atoms with Gasteiger partial charge in [-0.2, -0.15) is 0 Å². The van der Waals surface area contributed by atoms with Gasteiger partial charge in [0.25, 0.3) is 0 Å². The number of aromatic nitrogens is 1. The Hall–Kier alpha value is -0.940. The highest BCUT2D eigenvalue weighted by molar-refractivity contribution is 7.13. The smallest absolute Gasteiger partial charge is 0.231 e. The number of ether oxygens (including phenoxy) is 1. The second-order valence-corrected chi connectivity index (χ2v) is 6.77. The van der Waals surface area contributed by atoms with Crippen molar-refractivity contribution >= 4 is 22.4 Å². The molecule has 0 spiro atoms. The predicted molar refractivity (Wildman–Crippen MR) is 73.3 cm³/mol. The van der Waals surface area contributed by atoms with Gasteiger partial charge in [0.2, 0.25) is 5.91 Å². The first-order valence-corrected chi connectivity index (χ1v) is 8.09. The lowest BCUT2D eigenvalue weighted by Gasteiger charge is -2.23. The molecule has 0 aromatic carbocycles. The van der Waals surface area contributed by atoms with E-state index < -0.39 is 0 Å². The lowest BCUT2D eigenvalue weighted by Crippen LogP contribution is -2.30. The second kappa shape index (κ2) is 4.56. The first-order chi connectivity index (χ1) is 9.29. The van der Waals surface area contributed by atoms with Crippen LogP contribution >= 0.6 is 11.3 Å². The average Bonchev–Trinajstić information content (AvgIpc) is 3.02. The number of carbonyl (C=O) groups is 1. The van der Waals surface area contributed by atoms with Crippen LogP contribution in [0.4, 0.5) is 5.13 Å². The van der Waals surface area contributed by atoms with Gasteiger partial charge in [-0.25, -0.2) is 4.98 Å². The van der Waals surface area contributed by atoms with Crippen LogP contribution in [0, 0.1) is 5.92 Å². The molecular formula is C14H18N2O2S. The molecule has 2 aliphatic heterocycles. The van der Waals surface area contributed by atoms with Gasteiger partial charge < -0.3 is 10.1 Å². The molecule has 4 rings (SSSR count). The third-order valence-corrected chi connectivity index (χ3v) is 5.49. The standard InChI is InChI=1S/C14H18N2O2S/c17-13(10-6-9-4-5-12(10)18-9)16-14-15-11(7-19-14)8-2-1-3-8/h7-10,12H,1-6H2,(H,15,16,17)/t9-,10-,12+/m1/s1. The SMILES string of the molecule is O=C(Nc1nc(C2CCC2)cs1)[C@@H]1C[C@H]2CC[C@@H]1O2. The van der Waals surface area contributed by atoms with E-state index in [0.29, 0.717) is 12.0 Å². The van der Waals surface area contributed by atoms with Gasteiger partial charge in [-0.15, -0.1) is 11.3 Å². The first kappa shape index (κ1) is 11.9. The van der Waals surface area contributed by atoms with Crippen LogP contribution in [0.3, 0.4) is 0 Å². The molecule has 1 amide bonds. The molecule has 1 saturated carbocycles. The maximum atomic E-state index is 12.2. The zero-order chi connectivity index (χ0) is 12.8. The van der Waals surface area contributed by atoms with Gasteiger partial charge in [0.1, 0.15) is 0 Å². The largest absolute Gasteiger partial charge is 0.374 e. The van der Waals surface area contributed by atoms with Crippen LogP contribution in [0.2, 0.25) is 0 Å². The summed E-state index contributed by atoms with van der Waals surface area (Å²) >= 11 is 1.55. The van der Waals surface area contributed by atoms with Crippen LogP contribution in [0.1, 0.15) is 50.1 Å². The molecule has 2 saturated heterocycles. The van der Waals surface area contributed by atoms with Crippen molar-refractivity contribution in [2.75, 3.05) is 5.32 Å². The Morgan fingerprint density at radius 1 is 1.37 bits per heavy atom. The van der Waals surface area contributed by atoms with Crippen LogP contribution in [0.5, 0.6) is 0 Å². The molecule has 1 aliphatic carbocycles. The van der Waals surface area contributed by atoms with Gasteiger partial charge >= 0.3 is 0 Å². The van der Waals surface area contributed by atoms with E-state index in [1.807, 2.05) is 0 Å². The van der Waals surface area contributed by atoms with Crippen LogP contribution in [-0.4, -0.2) is 23.1 Å². The molecule has 3 atom stereocenters. The molecule has 5 heteroatoms. The number of nitrogens with zero attached hydrogens (tertiary/aromatic N) is 1. The molecule has 0 unspecified atom stereocenters. The van der Waals surface area contributed by atoms with Gasteiger partial charge in [-0.1, -0.05) is 6.42 Å². The number of carbonyl (C=O) groups excluding carboxylic acids is 1. The van der Waals surface area contributed by atoms with Crippen LogP contribution < -0.4 is 5.32 Å². The van der Waals surface area contributed by atoms with Crippen molar-refractivity contribution in [1.82, 2.24) is 4.98 Å². The van der Waals surface area contributed by atoms with Crippen molar-refractivity contribution in [1.29, 1.82) is 0 Å². The summed E-state index contributed by atoms with van der Waals surface area (Å²) in [7, 11) is 0. The number of hydrogen-bond acceptors (Lipinski definition) is 4. The molecule has 102 valence electrons. The van der Waals surface area contributed by atoms with E-state index in [1.54, 1.807) is 11.3 Å². The van der Waals surface area contributed by atoms with E-state index >= 15 is 0 Å². The summed E-state index contributed by atoms with van der Waals surface area (Å²) in [5.41, 5.74) is 1.16. The number of amides is 1. The molecule has 1 aromatic heterocycles. The third-order valence-electron chi connectivity index (χ3n) is 4.72. The Bertz CT molecular complexity index is 497. The number of nitrogens with one attached hydrogen (secondary N) is 1. The van der Waals surface area contributed by atoms with Crippen molar-refractivity contribution in [3.63, 3.8) is 0 Å². The fourth-order valence-corrected chi connectivity index (χ4v) is 4.14. The van der Waals surface area contributed by atoms with Gasteiger partial charge in [0, 0.05) is 11.3 Å². The number of rotatable bonds is 3. The Kier molecular flexibility index (Phi) is 2.84. The topological polar surface area (TPSA) is 51.2 Å². The highest BCUT2D eigenvalue weighted by atomic mass is 32.1. The molecule has 3 fully saturated rings. The molecule has 0 radical (unpaired) electrons. The molecule has 1 aromatic rings. The summed E-state index contributed by atoms with van der Waals surface area (Å²) in [6, 6.07) is 0. The molecule has 1 N–H and O–H groups in total. The molecule has 3 aliphatic rings. The number of thiazole rings is 1. The van der Waals surface area contributed by atoms with E-state index in [2.05, 4.69) is 15.7 Å². The predicted octanol–water partition coefficient (Wildman–Crippen LogP) is 2.92. The second-order valence-electron chi connectivity index (χ2n) is 5.91. The number of hydrogen-bond donors (Lipinski definition) is 1. The Morgan fingerprint density at radius 3 is 2.89 bits per heavy atom. The van der Waals surface area contributed by atoms with E-state index in [-0.39, 0.29) is 17.9 Å². The Morgan fingerprint density at radius 2 is 2.26 bits per heavy atom. The zero-order valence-corrected chi connectivity index (χ0v) is 11.6. The van der Waals surface area contributed by atoms with Gasteiger partial charge in [0.15, 0.2) is 5.13 Å². The van der Waals surface area contributed by atoms with Crippen molar-refractivity contribution in [3.8, 4) is 0 Å². The summed E-state index contributed by atoms with van der Waals surface area (Å²) in [6.07, 6.45) is 7.32. The normalized spacial score (nSPS) is 33.4. The molecule has 19 heavy (non-hydrogen) atoms.